The van der Waals surface area contributed by atoms with Crippen LogP contribution in [0.5, 0.6) is 0 Å². The van der Waals surface area contributed by atoms with Crippen LogP contribution in [0.15, 0.2) is 0 Å². The van der Waals surface area contributed by atoms with E-state index in [0.717, 1.165) is 18.0 Å². The molecular weight excluding hydrogens is 98.1 g/mol. The van der Waals surface area contributed by atoms with Gasteiger partial charge in [-0.3, -0.25) is 4.90 Å². The first-order chi connectivity index (χ1) is 3.82. The van der Waals surface area contributed by atoms with Crippen molar-refractivity contribution >= 4 is 0 Å². The van der Waals surface area contributed by atoms with Crippen molar-refractivity contribution in [2.24, 2.45) is 17.8 Å². The van der Waals surface area contributed by atoms with Crippen molar-refractivity contribution < 1.29 is 0 Å². The molecule has 2 heterocycles. The summed E-state index contributed by atoms with van der Waals surface area (Å²) < 4.78 is 0. The predicted molar refractivity (Wildman–Crippen MR) is 31.5 cm³/mol. The lowest BCUT2D eigenvalue weighted by molar-refractivity contribution is 0.321. The van der Waals surface area contributed by atoms with Crippen molar-refractivity contribution in [2.45, 2.75) is 19.0 Å². The third-order valence-corrected chi connectivity index (χ3v) is 3.51. The molecule has 0 amide bonds. The van der Waals surface area contributed by atoms with Gasteiger partial charge < -0.3 is 0 Å². The highest BCUT2D eigenvalue weighted by atomic mass is 15.3. The molecule has 4 fully saturated rings. The minimum Gasteiger partial charge on any atom is -0.300 e. The topological polar surface area (TPSA) is 3.24 Å². The second-order valence-electron chi connectivity index (χ2n) is 3.63. The fourth-order valence-electron chi connectivity index (χ4n) is 2.77. The van der Waals surface area contributed by atoms with Gasteiger partial charge in [-0.15, -0.1) is 0 Å². The molecule has 4 rings (SSSR count). The van der Waals surface area contributed by atoms with Gasteiger partial charge in [-0.05, 0) is 31.7 Å². The zero-order valence-corrected chi connectivity index (χ0v) is 5.33. The Bertz CT molecular complexity index is 128. The highest BCUT2D eigenvalue weighted by molar-refractivity contribution is 5.32. The van der Waals surface area contributed by atoms with E-state index in [1.165, 1.54) is 11.8 Å². The lowest BCUT2D eigenvalue weighted by Crippen LogP contribution is -2.21. The monoisotopic (exact) mass is 109 g/mol. The molecule has 2 bridgehead atoms. The van der Waals surface area contributed by atoms with Crippen LogP contribution in [-0.2, 0) is 0 Å². The van der Waals surface area contributed by atoms with Gasteiger partial charge in [0.15, 0.2) is 0 Å². The van der Waals surface area contributed by atoms with Gasteiger partial charge >= 0.3 is 0 Å². The number of hydrogen-bond acceptors (Lipinski definition) is 1. The lowest BCUT2D eigenvalue weighted by Gasteiger charge is -2.11. The van der Waals surface area contributed by atoms with E-state index in [2.05, 4.69) is 18.9 Å². The van der Waals surface area contributed by atoms with E-state index in [-0.39, 0.29) is 0 Å². The smallest absolute Gasteiger partial charge is 0.0165 e. The molecule has 1 heteroatoms. The Morgan fingerprint density at radius 3 is 1.88 bits per heavy atom. The lowest BCUT2D eigenvalue weighted by atomic mass is 10.1. The second kappa shape index (κ2) is 0.766. The summed E-state index contributed by atoms with van der Waals surface area (Å²) >= 11 is 0. The van der Waals surface area contributed by atoms with Gasteiger partial charge in [0.05, 0.1) is 0 Å². The molecule has 0 spiro atoms. The molecule has 4 aliphatic rings. The highest BCUT2D eigenvalue weighted by Gasteiger charge is 2.82. The number of fused-ring (bicyclic) bond motifs is 1. The van der Waals surface area contributed by atoms with Gasteiger partial charge in [0.25, 0.3) is 0 Å². The molecule has 0 aromatic heterocycles. The summed E-state index contributed by atoms with van der Waals surface area (Å²) in [5, 5.41) is 0. The maximum atomic E-state index is 2.56. The van der Waals surface area contributed by atoms with Gasteiger partial charge in [0.2, 0.25) is 0 Å². The molecule has 1 nitrogen and oxygen atoms in total. The molecule has 2 aliphatic carbocycles. The third kappa shape index (κ3) is 0.188. The molecule has 2 saturated heterocycles. The van der Waals surface area contributed by atoms with Gasteiger partial charge in [0, 0.05) is 12.1 Å². The number of hydrogen-bond donors (Lipinski definition) is 0. The van der Waals surface area contributed by atoms with Crippen LogP contribution in [0.4, 0.5) is 0 Å². The average molecular weight is 109 g/mol. The van der Waals surface area contributed by atoms with Gasteiger partial charge in [-0.1, -0.05) is 0 Å². The number of piperidine rings is 1. The minimum atomic E-state index is 0.926. The van der Waals surface area contributed by atoms with Crippen LogP contribution in [-0.4, -0.2) is 24.0 Å². The number of nitrogens with zero attached hydrogens (tertiary/aromatic N) is 1. The molecule has 2 aliphatic heterocycles. The molecule has 2 saturated carbocycles. The van der Waals surface area contributed by atoms with Crippen LogP contribution in [0, 0.1) is 17.8 Å². The molecular formula is C7H11N. The molecule has 8 heavy (non-hydrogen) atoms. The zero-order valence-electron chi connectivity index (χ0n) is 5.33. The van der Waals surface area contributed by atoms with Gasteiger partial charge in [0.1, 0.15) is 0 Å². The van der Waals surface area contributed by atoms with E-state index in [9.17, 15) is 0 Å². The van der Waals surface area contributed by atoms with E-state index in [4.69, 9.17) is 0 Å². The van der Waals surface area contributed by atoms with E-state index >= 15 is 0 Å². The first kappa shape index (κ1) is 3.89. The van der Waals surface area contributed by atoms with E-state index in [1.807, 2.05) is 0 Å². The summed E-state index contributed by atoms with van der Waals surface area (Å²) in [4.78, 5) is 2.56. The third-order valence-electron chi connectivity index (χ3n) is 3.51. The van der Waals surface area contributed by atoms with Crippen LogP contribution >= 0.6 is 0 Å². The Kier molecular flexibility index (Phi) is 0.372. The quantitative estimate of drug-likeness (QED) is 0.439. The molecule has 3 unspecified atom stereocenters. The first-order valence-corrected chi connectivity index (χ1v) is 3.54. The van der Waals surface area contributed by atoms with Crippen LogP contribution in [0.3, 0.4) is 0 Å². The predicted octanol–water partition coefficient (Wildman–Crippen LogP) is 0.565. The Hall–Kier alpha value is -0.0400. The fourth-order valence-corrected chi connectivity index (χ4v) is 2.77. The average Bonchev–Trinajstić information content (AvgIpc) is 2.45. The largest absolute Gasteiger partial charge is 0.300 e. The Balaban J connectivity index is 2.02. The molecule has 44 valence electrons. The van der Waals surface area contributed by atoms with Gasteiger partial charge in [-0.25, -0.2) is 0 Å². The van der Waals surface area contributed by atoms with Crippen LogP contribution in [0.2, 0.25) is 0 Å². The maximum Gasteiger partial charge on any atom is 0.0165 e. The van der Waals surface area contributed by atoms with Crippen molar-refractivity contribution in [3.8, 4) is 0 Å². The molecule has 0 radical (unpaired) electrons. The van der Waals surface area contributed by atoms with E-state index in [1.54, 1.807) is 0 Å². The zero-order chi connectivity index (χ0) is 5.46. The standard InChI is InChI=1S/C7H11N/c1-3-4-5-6(4)7(5)8(3)2/h3-7H,1-2H3. The van der Waals surface area contributed by atoms with E-state index < -0.39 is 0 Å². The molecule has 3 atom stereocenters. The highest BCUT2D eigenvalue weighted by Crippen LogP contribution is 2.77. The molecule has 0 N–H and O–H groups in total. The Labute approximate surface area is 49.7 Å². The van der Waals surface area contributed by atoms with Crippen molar-refractivity contribution in [3.63, 3.8) is 0 Å². The summed E-state index contributed by atoms with van der Waals surface area (Å²) in [6.45, 7) is 2.37. The van der Waals surface area contributed by atoms with Crippen molar-refractivity contribution in [2.75, 3.05) is 7.05 Å². The summed E-state index contributed by atoms with van der Waals surface area (Å²) in [7, 11) is 2.27. The summed E-state index contributed by atoms with van der Waals surface area (Å²) in [6.07, 6.45) is 0. The minimum absolute atomic E-state index is 0.926. The van der Waals surface area contributed by atoms with Crippen molar-refractivity contribution in [1.82, 2.24) is 4.90 Å². The Morgan fingerprint density at radius 1 is 1.12 bits per heavy atom. The summed E-state index contributed by atoms with van der Waals surface area (Å²) in [6, 6.07) is 1.98. The molecule has 0 aromatic carbocycles. The fraction of sp³-hybridized carbons (Fsp3) is 1.00. The Morgan fingerprint density at radius 2 is 1.75 bits per heavy atom. The summed E-state index contributed by atoms with van der Waals surface area (Å²) in [5.74, 6) is 3.50. The van der Waals surface area contributed by atoms with Crippen LogP contribution < -0.4 is 0 Å². The number of rotatable bonds is 0. The SMILES string of the molecule is CC1C2C3C2C3N1C. The van der Waals surface area contributed by atoms with Crippen molar-refractivity contribution in [1.29, 1.82) is 0 Å². The van der Waals surface area contributed by atoms with Gasteiger partial charge in [-0.2, -0.15) is 0 Å². The second-order valence-corrected chi connectivity index (χ2v) is 3.63. The molecule has 0 aromatic rings. The normalized spacial score (nSPS) is 75.0. The van der Waals surface area contributed by atoms with Crippen LogP contribution in [0.25, 0.3) is 0 Å². The maximum absolute atomic E-state index is 2.56. The first-order valence-electron chi connectivity index (χ1n) is 3.54. The van der Waals surface area contributed by atoms with Crippen LogP contribution in [0.1, 0.15) is 6.92 Å². The van der Waals surface area contributed by atoms with E-state index in [0.29, 0.717) is 0 Å². The summed E-state index contributed by atoms with van der Waals surface area (Å²) in [5.41, 5.74) is 0. The van der Waals surface area contributed by atoms with Crippen molar-refractivity contribution in [3.05, 3.63) is 0 Å².